The van der Waals surface area contributed by atoms with E-state index in [1.54, 1.807) is 0 Å². The first-order valence-corrected chi connectivity index (χ1v) is 9.18. The molecule has 6 heteroatoms. The molecule has 19 heavy (non-hydrogen) atoms. The molecule has 5 nitrogen and oxygen atoms in total. The third-order valence-electron chi connectivity index (χ3n) is 4.91. The minimum Gasteiger partial charge on any atom is -0.329 e. The van der Waals surface area contributed by atoms with Crippen molar-refractivity contribution in [2.45, 2.75) is 38.3 Å². The van der Waals surface area contributed by atoms with Gasteiger partial charge in [-0.15, -0.1) is 0 Å². The highest BCUT2D eigenvalue weighted by Crippen LogP contribution is 2.32. The highest BCUT2D eigenvalue weighted by molar-refractivity contribution is 7.91. The number of likely N-dealkylation sites (tertiary alicyclic amines) is 1. The zero-order valence-electron chi connectivity index (χ0n) is 12.1. The molecule has 2 rings (SSSR count). The van der Waals surface area contributed by atoms with Gasteiger partial charge in [-0.2, -0.15) is 0 Å². The van der Waals surface area contributed by atoms with E-state index in [-0.39, 0.29) is 11.3 Å². The van der Waals surface area contributed by atoms with Crippen LogP contribution in [0.25, 0.3) is 0 Å². The Morgan fingerprint density at radius 2 is 2.05 bits per heavy atom. The van der Waals surface area contributed by atoms with Crippen LogP contribution in [0.3, 0.4) is 0 Å². The zero-order valence-corrected chi connectivity index (χ0v) is 13.0. The van der Waals surface area contributed by atoms with Crippen molar-refractivity contribution in [3.8, 4) is 0 Å². The van der Waals surface area contributed by atoms with Gasteiger partial charge in [0.05, 0.1) is 11.5 Å². The molecular weight excluding hydrogens is 262 g/mol. The maximum Gasteiger partial charge on any atom is 0.152 e. The second kappa shape index (κ2) is 5.68. The Morgan fingerprint density at radius 3 is 2.53 bits per heavy atom. The fraction of sp³-hybridized carbons (Fsp3) is 1.00. The largest absolute Gasteiger partial charge is 0.329 e. The lowest BCUT2D eigenvalue weighted by molar-refractivity contribution is 0.129. The minimum atomic E-state index is -2.89. The number of sulfone groups is 1. The van der Waals surface area contributed by atoms with E-state index in [0.29, 0.717) is 24.8 Å². The third-order valence-corrected chi connectivity index (χ3v) is 6.71. The van der Waals surface area contributed by atoms with Crippen LogP contribution in [0.1, 0.15) is 26.7 Å². The third kappa shape index (κ3) is 2.96. The van der Waals surface area contributed by atoms with Crippen molar-refractivity contribution in [1.29, 1.82) is 0 Å². The molecule has 0 bridgehead atoms. The topological polar surface area (TPSA) is 66.6 Å². The van der Waals surface area contributed by atoms with Crippen LogP contribution < -0.4 is 5.73 Å². The lowest BCUT2D eigenvalue weighted by Gasteiger charge is -2.37. The summed E-state index contributed by atoms with van der Waals surface area (Å²) in [7, 11) is -2.89. The molecule has 0 aromatic heterocycles. The zero-order chi connectivity index (χ0) is 14.1. The quantitative estimate of drug-likeness (QED) is 0.767. The first-order chi connectivity index (χ1) is 8.96. The summed E-state index contributed by atoms with van der Waals surface area (Å²) in [6.07, 6.45) is 1.83. The van der Waals surface area contributed by atoms with Gasteiger partial charge in [-0.05, 0) is 25.9 Å². The van der Waals surface area contributed by atoms with Gasteiger partial charge in [0.15, 0.2) is 9.84 Å². The van der Waals surface area contributed by atoms with Crippen LogP contribution in [0.15, 0.2) is 0 Å². The van der Waals surface area contributed by atoms with Gasteiger partial charge in [0.2, 0.25) is 0 Å². The molecule has 0 saturated carbocycles. The summed E-state index contributed by atoms with van der Waals surface area (Å²) in [5.41, 5.74) is 5.65. The summed E-state index contributed by atoms with van der Waals surface area (Å²) in [5, 5.41) is 0. The normalized spacial score (nSPS) is 35.3. The molecule has 2 heterocycles. The van der Waals surface area contributed by atoms with Crippen LogP contribution in [0.2, 0.25) is 0 Å². The van der Waals surface area contributed by atoms with Crippen LogP contribution in [0, 0.1) is 0 Å². The molecule has 0 aromatic rings. The first-order valence-electron chi connectivity index (χ1n) is 7.36. The molecule has 112 valence electrons. The van der Waals surface area contributed by atoms with Gasteiger partial charge in [-0.25, -0.2) is 8.42 Å². The van der Waals surface area contributed by atoms with Crippen molar-refractivity contribution in [2.75, 3.05) is 44.2 Å². The van der Waals surface area contributed by atoms with Crippen molar-refractivity contribution in [2.24, 2.45) is 5.73 Å². The molecule has 0 aliphatic carbocycles. The van der Waals surface area contributed by atoms with Gasteiger partial charge in [-0.1, -0.05) is 13.8 Å². The van der Waals surface area contributed by atoms with Crippen molar-refractivity contribution >= 4 is 9.84 Å². The SMILES string of the molecule is CCN(CC)C1CCN(C2(CN)CCS(=O)(=O)C2)C1. The fourth-order valence-corrected chi connectivity index (χ4v) is 5.75. The maximum absolute atomic E-state index is 11.8. The summed E-state index contributed by atoms with van der Waals surface area (Å²) in [6.45, 7) is 8.89. The molecule has 0 amide bonds. The molecule has 0 radical (unpaired) electrons. The smallest absolute Gasteiger partial charge is 0.152 e. The monoisotopic (exact) mass is 289 g/mol. The first kappa shape index (κ1) is 15.2. The van der Waals surface area contributed by atoms with Crippen molar-refractivity contribution < 1.29 is 8.42 Å². The molecule has 2 aliphatic heterocycles. The molecule has 2 fully saturated rings. The Balaban J connectivity index is 2.07. The number of hydrogen-bond donors (Lipinski definition) is 1. The Bertz CT molecular complexity index is 408. The molecule has 2 N–H and O–H groups in total. The molecule has 0 spiro atoms. The number of likely N-dealkylation sites (N-methyl/N-ethyl adjacent to an activating group) is 1. The summed E-state index contributed by atoms with van der Waals surface area (Å²) in [4.78, 5) is 4.81. The highest BCUT2D eigenvalue weighted by atomic mass is 32.2. The van der Waals surface area contributed by atoms with E-state index in [4.69, 9.17) is 5.73 Å². The van der Waals surface area contributed by atoms with Crippen LogP contribution in [-0.4, -0.2) is 74.0 Å². The van der Waals surface area contributed by atoms with Gasteiger partial charge >= 0.3 is 0 Å². The molecule has 2 aliphatic rings. The van der Waals surface area contributed by atoms with Crippen molar-refractivity contribution in [3.05, 3.63) is 0 Å². The van der Waals surface area contributed by atoms with E-state index in [9.17, 15) is 8.42 Å². The Hall–Kier alpha value is -0.170. The van der Waals surface area contributed by atoms with Crippen LogP contribution >= 0.6 is 0 Å². The average Bonchev–Trinajstić information content (AvgIpc) is 2.97. The second-order valence-corrected chi connectivity index (χ2v) is 8.06. The number of nitrogens with two attached hydrogens (primary N) is 1. The summed E-state index contributed by atoms with van der Waals surface area (Å²) < 4.78 is 23.6. The van der Waals surface area contributed by atoms with E-state index in [0.717, 1.165) is 32.6 Å². The maximum atomic E-state index is 11.8. The van der Waals surface area contributed by atoms with Crippen LogP contribution in [0.4, 0.5) is 0 Å². The van der Waals surface area contributed by atoms with Gasteiger partial charge in [0.1, 0.15) is 0 Å². The van der Waals surface area contributed by atoms with Gasteiger partial charge in [0, 0.05) is 31.2 Å². The molecule has 2 atom stereocenters. The van der Waals surface area contributed by atoms with E-state index in [1.807, 2.05) is 0 Å². The van der Waals surface area contributed by atoms with Gasteiger partial charge < -0.3 is 5.73 Å². The predicted molar refractivity (Wildman–Crippen MR) is 78.0 cm³/mol. The van der Waals surface area contributed by atoms with E-state index >= 15 is 0 Å². The average molecular weight is 289 g/mol. The lowest BCUT2D eigenvalue weighted by atomic mass is 9.97. The molecule has 0 aromatic carbocycles. The summed E-state index contributed by atoms with van der Waals surface area (Å²) in [5.74, 6) is 0.554. The standard InChI is InChI=1S/C13H27N3O2S/c1-3-15(4-2)12-5-7-16(9-12)13(10-14)6-8-19(17,18)11-13/h12H,3-11,14H2,1-2H3. The fourth-order valence-electron chi connectivity index (χ4n) is 3.65. The summed E-state index contributed by atoms with van der Waals surface area (Å²) in [6, 6.07) is 0.557. The number of nitrogens with zero attached hydrogens (tertiary/aromatic N) is 2. The Kier molecular flexibility index (Phi) is 4.55. The van der Waals surface area contributed by atoms with Crippen LogP contribution in [-0.2, 0) is 9.84 Å². The molecule has 2 saturated heterocycles. The molecule has 2 unspecified atom stereocenters. The highest BCUT2D eigenvalue weighted by Gasteiger charge is 2.47. The summed E-state index contributed by atoms with van der Waals surface area (Å²) >= 11 is 0. The lowest BCUT2D eigenvalue weighted by Crippen LogP contribution is -2.54. The number of hydrogen-bond acceptors (Lipinski definition) is 5. The second-order valence-electron chi connectivity index (χ2n) is 5.88. The van der Waals surface area contributed by atoms with Crippen LogP contribution in [0.5, 0.6) is 0 Å². The van der Waals surface area contributed by atoms with E-state index in [2.05, 4.69) is 23.6 Å². The van der Waals surface area contributed by atoms with Gasteiger partial charge in [-0.3, -0.25) is 9.80 Å². The van der Waals surface area contributed by atoms with E-state index in [1.165, 1.54) is 0 Å². The van der Waals surface area contributed by atoms with Gasteiger partial charge in [0.25, 0.3) is 0 Å². The number of rotatable bonds is 5. The Morgan fingerprint density at radius 1 is 1.37 bits per heavy atom. The Labute approximate surface area is 117 Å². The van der Waals surface area contributed by atoms with Crippen molar-refractivity contribution in [3.63, 3.8) is 0 Å². The van der Waals surface area contributed by atoms with E-state index < -0.39 is 9.84 Å². The minimum absolute atomic E-state index is 0.251. The molecular formula is C13H27N3O2S. The predicted octanol–water partition coefficient (Wildman–Crippen LogP) is -0.0815. The van der Waals surface area contributed by atoms with Crippen molar-refractivity contribution in [1.82, 2.24) is 9.80 Å².